The molecule has 1 unspecified atom stereocenters. The Morgan fingerprint density at radius 2 is 1.83 bits per heavy atom. The third kappa shape index (κ3) is 5.48. The van der Waals surface area contributed by atoms with Crippen molar-refractivity contribution in [3.63, 3.8) is 0 Å². The monoisotopic (exact) mass is 505 g/mol. The Morgan fingerprint density at radius 3 is 2.67 bits per heavy atom. The van der Waals surface area contributed by atoms with Crippen LogP contribution < -0.4 is 15.4 Å². The summed E-state index contributed by atoms with van der Waals surface area (Å²) in [5.41, 5.74) is 6.55. The summed E-state index contributed by atoms with van der Waals surface area (Å²) < 4.78 is 28.5. The smallest absolute Gasteiger partial charge is 0.240 e. The van der Waals surface area contributed by atoms with Gasteiger partial charge in [-0.25, -0.2) is 13.1 Å². The molecule has 0 saturated carbocycles. The van der Waals surface area contributed by atoms with E-state index in [4.69, 9.17) is 0 Å². The minimum Gasteiger partial charge on any atom is -0.355 e. The third-order valence-electron chi connectivity index (χ3n) is 7.68. The lowest BCUT2D eigenvalue weighted by Crippen LogP contribution is -2.52. The standard InChI is InChI=1S/C29H35N3O3S/c1-20-10-14-25(15-11-20)36(34,35)32-24-16-23(17-30-18-24)29(33)31-19-28-26-8-4-2-6-21(26)12-13-22-7-3-5-9-27(22)28/h2,4-6,8-11,14-15,23-24,28,30,32H,3,7,12-13,16-19H2,1H3,(H,31,33)/t23-,24+,28?/m0/s1. The molecule has 3 aliphatic rings. The highest BCUT2D eigenvalue weighted by molar-refractivity contribution is 7.89. The average molecular weight is 506 g/mol. The Kier molecular flexibility index (Phi) is 7.42. The zero-order valence-electron chi connectivity index (χ0n) is 20.8. The summed E-state index contributed by atoms with van der Waals surface area (Å²) in [6.45, 7) is 3.53. The highest BCUT2D eigenvalue weighted by Crippen LogP contribution is 2.38. The van der Waals surface area contributed by atoms with Gasteiger partial charge >= 0.3 is 0 Å². The Labute approximate surface area is 214 Å². The first-order chi connectivity index (χ1) is 17.4. The predicted molar refractivity (Wildman–Crippen MR) is 142 cm³/mol. The van der Waals surface area contributed by atoms with E-state index in [1.54, 1.807) is 24.3 Å². The number of hydrogen-bond acceptors (Lipinski definition) is 4. The second kappa shape index (κ2) is 10.7. The summed E-state index contributed by atoms with van der Waals surface area (Å²) in [6, 6.07) is 15.1. The normalized spacial score (nSPS) is 24.0. The van der Waals surface area contributed by atoms with Crippen molar-refractivity contribution in [3.8, 4) is 0 Å². The number of nitrogens with one attached hydrogen (secondary N) is 3. The zero-order valence-corrected chi connectivity index (χ0v) is 21.6. The molecule has 1 aliphatic heterocycles. The number of carbonyl (C=O) groups is 1. The number of hydrogen-bond donors (Lipinski definition) is 3. The van der Waals surface area contributed by atoms with Crippen molar-refractivity contribution in [2.75, 3.05) is 19.6 Å². The van der Waals surface area contributed by atoms with E-state index in [-0.39, 0.29) is 28.7 Å². The molecule has 3 atom stereocenters. The van der Waals surface area contributed by atoms with Crippen molar-refractivity contribution in [2.45, 2.75) is 55.9 Å². The molecule has 1 amide bonds. The minimum absolute atomic E-state index is 0.0228. The molecule has 190 valence electrons. The highest BCUT2D eigenvalue weighted by atomic mass is 32.2. The van der Waals surface area contributed by atoms with Crippen LogP contribution in [-0.4, -0.2) is 40.0 Å². The lowest BCUT2D eigenvalue weighted by atomic mass is 9.84. The van der Waals surface area contributed by atoms with Crippen LogP contribution in [0.4, 0.5) is 0 Å². The summed E-state index contributed by atoms with van der Waals surface area (Å²) in [7, 11) is -3.64. The van der Waals surface area contributed by atoms with E-state index >= 15 is 0 Å². The van der Waals surface area contributed by atoms with Gasteiger partial charge < -0.3 is 10.6 Å². The van der Waals surface area contributed by atoms with Crippen LogP contribution in [0, 0.1) is 12.8 Å². The summed E-state index contributed by atoms with van der Waals surface area (Å²) in [4.78, 5) is 13.5. The van der Waals surface area contributed by atoms with Gasteiger partial charge in [-0.2, -0.15) is 0 Å². The maximum Gasteiger partial charge on any atom is 0.240 e. The fraction of sp³-hybridized carbons (Fsp3) is 0.414. The summed E-state index contributed by atoms with van der Waals surface area (Å²) >= 11 is 0. The number of aryl methyl sites for hydroxylation is 2. The molecule has 2 aromatic rings. The second-order valence-corrected chi connectivity index (χ2v) is 11.9. The molecule has 3 N–H and O–H groups in total. The maximum atomic E-state index is 13.3. The van der Waals surface area contributed by atoms with Gasteiger partial charge in [0.2, 0.25) is 15.9 Å². The van der Waals surface area contributed by atoms with E-state index in [9.17, 15) is 13.2 Å². The quantitative estimate of drug-likeness (QED) is 0.558. The van der Waals surface area contributed by atoms with Crippen LogP contribution in [0.3, 0.4) is 0 Å². The van der Waals surface area contributed by atoms with Crippen LogP contribution in [0.25, 0.3) is 0 Å². The van der Waals surface area contributed by atoms with Crippen molar-refractivity contribution >= 4 is 15.9 Å². The number of allylic oxidation sites excluding steroid dienone is 3. The van der Waals surface area contributed by atoms with Crippen molar-refractivity contribution in [2.24, 2.45) is 5.92 Å². The maximum absolute atomic E-state index is 13.3. The molecule has 0 aromatic heterocycles. The fourth-order valence-electron chi connectivity index (χ4n) is 5.72. The number of sulfonamides is 1. The molecule has 0 bridgehead atoms. The number of piperidine rings is 1. The van der Waals surface area contributed by atoms with Gasteiger partial charge in [-0.3, -0.25) is 4.79 Å². The number of amides is 1. The topological polar surface area (TPSA) is 87.3 Å². The van der Waals surface area contributed by atoms with E-state index in [2.05, 4.69) is 51.8 Å². The number of carbonyl (C=O) groups excluding carboxylic acids is 1. The predicted octanol–water partition coefficient (Wildman–Crippen LogP) is 3.74. The molecular weight excluding hydrogens is 470 g/mol. The van der Waals surface area contributed by atoms with E-state index in [0.717, 1.165) is 31.2 Å². The van der Waals surface area contributed by atoms with Gasteiger partial charge in [0.25, 0.3) is 0 Å². The van der Waals surface area contributed by atoms with Crippen LogP contribution in [-0.2, 0) is 21.2 Å². The number of benzene rings is 2. The van der Waals surface area contributed by atoms with Crippen molar-refractivity contribution in [1.29, 1.82) is 0 Å². The third-order valence-corrected chi connectivity index (χ3v) is 9.21. The first-order valence-electron chi connectivity index (χ1n) is 12.9. The first kappa shape index (κ1) is 24.9. The van der Waals surface area contributed by atoms with Gasteiger partial charge in [-0.1, -0.05) is 59.7 Å². The van der Waals surface area contributed by atoms with E-state index in [1.807, 2.05) is 6.92 Å². The molecule has 1 heterocycles. The van der Waals surface area contributed by atoms with Gasteiger partial charge in [-0.15, -0.1) is 0 Å². The van der Waals surface area contributed by atoms with Crippen molar-refractivity contribution in [1.82, 2.24) is 15.4 Å². The first-order valence-corrected chi connectivity index (χ1v) is 14.4. The average Bonchev–Trinajstić information content (AvgIpc) is 3.04. The zero-order chi connectivity index (χ0) is 25.1. The molecule has 5 rings (SSSR count). The molecule has 7 heteroatoms. The summed E-state index contributed by atoms with van der Waals surface area (Å²) in [6.07, 6.45) is 9.28. The summed E-state index contributed by atoms with van der Waals surface area (Å²) in [5, 5.41) is 6.47. The van der Waals surface area contributed by atoms with Gasteiger partial charge in [0.1, 0.15) is 0 Å². The fourth-order valence-corrected chi connectivity index (χ4v) is 6.97. The molecule has 2 aromatic carbocycles. The molecule has 1 saturated heterocycles. The van der Waals surface area contributed by atoms with Crippen molar-refractivity contribution < 1.29 is 13.2 Å². The molecule has 6 nitrogen and oxygen atoms in total. The Morgan fingerprint density at radius 1 is 1.03 bits per heavy atom. The van der Waals surface area contributed by atoms with Crippen LogP contribution in [0.1, 0.15) is 48.3 Å². The van der Waals surface area contributed by atoms with Gasteiger partial charge in [-0.05, 0) is 67.9 Å². The van der Waals surface area contributed by atoms with Crippen LogP contribution in [0.2, 0.25) is 0 Å². The Balaban J connectivity index is 1.25. The van der Waals surface area contributed by atoms with Crippen LogP contribution in [0.15, 0.2) is 76.7 Å². The second-order valence-electron chi connectivity index (χ2n) is 10.2. The molecule has 1 fully saturated rings. The minimum atomic E-state index is -3.64. The van der Waals surface area contributed by atoms with Crippen LogP contribution in [0.5, 0.6) is 0 Å². The number of fused-ring (bicyclic) bond motifs is 1. The van der Waals surface area contributed by atoms with Gasteiger partial charge in [0.05, 0.1) is 10.8 Å². The molecule has 36 heavy (non-hydrogen) atoms. The Bertz CT molecular complexity index is 1280. The lowest BCUT2D eigenvalue weighted by molar-refractivity contribution is -0.125. The highest BCUT2D eigenvalue weighted by Gasteiger charge is 2.31. The van der Waals surface area contributed by atoms with Crippen LogP contribution >= 0.6 is 0 Å². The van der Waals surface area contributed by atoms with E-state index in [1.165, 1.54) is 22.3 Å². The molecule has 0 radical (unpaired) electrons. The molecular formula is C29H35N3O3S. The lowest BCUT2D eigenvalue weighted by Gasteiger charge is -2.30. The SMILES string of the molecule is Cc1ccc(S(=O)(=O)N[C@H]2CNC[C@@H](C(=O)NCC3C4=C(CCC=C4)CCc4ccccc43)C2)cc1. The molecule has 2 aliphatic carbocycles. The van der Waals surface area contributed by atoms with Gasteiger partial charge in [0, 0.05) is 31.6 Å². The van der Waals surface area contributed by atoms with Gasteiger partial charge in [0.15, 0.2) is 0 Å². The summed E-state index contributed by atoms with van der Waals surface area (Å²) in [5.74, 6) is -0.169. The van der Waals surface area contributed by atoms with E-state index in [0.29, 0.717) is 26.1 Å². The largest absolute Gasteiger partial charge is 0.355 e. The Hall–Kier alpha value is -2.74. The van der Waals surface area contributed by atoms with E-state index < -0.39 is 10.0 Å². The molecule has 0 spiro atoms. The number of rotatable bonds is 6. The van der Waals surface area contributed by atoms with Crippen molar-refractivity contribution in [3.05, 3.63) is 88.5 Å².